The molecule has 34 heavy (non-hydrogen) atoms. The first-order valence-electron chi connectivity index (χ1n) is 11.6. The van der Waals surface area contributed by atoms with Crippen molar-refractivity contribution in [3.63, 3.8) is 0 Å². The van der Waals surface area contributed by atoms with Gasteiger partial charge in [-0.3, -0.25) is 14.5 Å². The smallest absolute Gasteiger partial charge is 0.327 e. The minimum atomic E-state index is -1.16. The number of fused-ring (bicyclic) bond motifs is 1. The lowest BCUT2D eigenvalue weighted by Gasteiger charge is -2.44. The Labute approximate surface area is 207 Å². The Bertz CT molecular complexity index is 933. The molecule has 182 valence electrons. The molecule has 2 unspecified atom stereocenters. The van der Waals surface area contributed by atoms with Crippen LogP contribution < -0.4 is 10.6 Å². The van der Waals surface area contributed by atoms with Crippen LogP contribution in [0.1, 0.15) is 18.1 Å². The van der Waals surface area contributed by atoms with E-state index in [0.29, 0.717) is 19.6 Å². The average molecular weight is 485 g/mol. The quantitative estimate of drug-likeness (QED) is 0.419. The first-order chi connectivity index (χ1) is 16.1. The number of rotatable bonds is 9. The Morgan fingerprint density at radius 3 is 2.35 bits per heavy atom. The van der Waals surface area contributed by atoms with Crippen LogP contribution in [0.5, 0.6) is 0 Å². The van der Waals surface area contributed by atoms with Crippen molar-refractivity contribution in [1.29, 1.82) is 0 Å². The molecule has 4 rings (SSSR count). The number of cyclic esters (lactones) is 1. The van der Waals surface area contributed by atoms with Crippen molar-refractivity contribution < 1.29 is 14.3 Å². The zero-order valence-electron chi connectivity index (χ0n) is 19.5. The second-order valence-electron chi connectivity index (χ2n) is 8.37. The first kappa shape index (κ1) is 25.9. The van der Waals surface area contributed by atoms with E-state index in [4.69, 9.17) is 4.74 Å². The highest BCUT2D eigenvalue weighted by Crippen LogP contribution is 2.45. The van der Waals surface area contributed by atoms with E-state index in [9.17, 15) is 9.59 Å². The van der Waals surface area contributed by atoms with Gasteiger partial charge in [-0.15, -0.1) is 19.0 Å². The Hall–Kier alpha value is -2.71. The third kappa shape index (κ3) is 4.88. The summed E-state index contributed by atoms with van der Waals surface area (Å²) in [5.74, 6) is -0.438. The lowest BCUT2D eigenvalue weighted by atomic mass is 9.90. The van der Waals surface area contributed by atoms with Gasteiger partial charge < -0.3 is 15.4 Å². The molecule has 0 aliphatic carbocycles. The van der Waals surface area contributed by atoms with Crippen LogP contribution in [0.2, 0.25) is 0 Å². The van der Waals surface area contributed by atoms with E-state index in [1.807, 2.05) is 71.6 Å². The maximum Gasteiger partial charge on any atom is 0.327 e. The maximum absolute atomic E-state index is 13.4. The van der Waals surface area contributed by atoms with Gasteiger partial charge >= 0.3 is 5.97 Å². The fraction of sp³-hybridized carbons (Fsp3) is 0.385. The van der Waals surface area contributed by atoms with E-state index in [1.165, 1.54) is 0 Å². The van der Waals surface area contributed by atoms with Gasteiger partial charge in [-0.25, -0.2) is 4.90 Å². The van der Waals surface area contributed by atoms with Crippen LogP contribution >= 0.6 is 12.4 Å². The Balaban J connectivity index is 0.00000324. The molecule has 8 heteroatoms. The highest BCUT2D eigenvalue weighted by molar-refractivity contribution is 5.86. The third-order valence-electron chi connectivity index (χ3n) is 6.43. The minimum Gasteiger partial charge on any atom is -0.434 e. The molecule has 0 spiro atoms. The Kier molecular flexibility index (Phi) is 8.85. The number of hydrogen-bond acceptors (Lipinski definition) is 6. The number of ether oxygens (including phenoxy) is 1. The van der Waals surface area contributed by atoms with Gasteiger partial charge in [-0.1, -0.05) is 73.7 Å². The first-order valence-corrected chi connectivity index (χ1v) is 11.6. The lowest BCUT2D eigenvalue weighted by molar-refractivity contribution is -0.153. The van der Waals surface area contributed by atoms with Gasteiger partial charge in [0.1, 0.15) is 12.1 Å². The summed E-state index contributed by atoms with van der Waals surface area (Å²) in [5, 5.41) is 6.34. The van der Waals surface area contributed by atoms with Gasteiger partial charge in [-0.2, -0.15) is 0 Å². The van der Waals surface area contributed by atoms with Crippen LogP contribution in [0.3, 0.4) is 0 Å². The molecule has 0 saturated carbocycles. The van der Waals surface area contributed by atoms with Crippen molar-refractivity contribution in [2.75, 3.05) is 39.3 Å². The van der Waals surface area contributed by atoms with Crippen molar-refractivity contribution >= 4 is 24.3 Å². The summed E-state index contributed by atoms with van der Waals surface area (Å²) in [6.07, 6.45) is 1.86. The second kappa shape index (κ2) is 11.6. The van der Waals surface area contributed by atoms with Crippen molar-refractivity contribution in [3.05, 3.63) is 84.4 Å². The standard InChI is InChI=1S/C26H32N4O3.ClH/c1-3-16-29(4-2)17-15-28-24(31)22-18-27-19-23-25(32)33-26(30(22)23,20-11-7-5-8-12-20)21-13-9-6-10-14-21;/h3,5-14,22-23,27H,1,4,15-19H2,2H3,(H,28,31);1H. The predicted molar refractivity (Wildman–Crippen MR) is 135 cm³/mol. The SMILES string of the molecule is C=CCN(CC)CCNC(=O)C1CNCC2C(=O)OC(c3ccccc3)(c3ccccc3)N12.Cl. The third-order valence-corrected chi connectivity index (χ3v) is 6.43. The Morgan fingerprint density at radius 2 is 1.79 bits per heavy atom. The highest BCUT2D eigenvalue weighted by Gasteiger charge is 2.60. The molecule has 2 aliphatic heterocycles. The fourth-order valence-corrected chi connectivity index (χ4v) is 4.82. The van der Waals surface area contributed by atoms with Crippen LogP contribution in [0.4, 0.5) is 0 Å². The van der Waals surface area contributed by atoms with Crippen molar-refractivity contribution in [3.8, 4) is 0 Å². The number of likely N-dealkylation sites (N-methyl/N-ethyl adjacent to an activating group) is 1. The summed E-state index contributed by atoms with van der Waals surface area (Å²) in [6.45, 7) is 9.66. The number of esters is 1. The number of carbonyl (C=O) groups excluding carboxylic acids is 2. The summed E-state index contributed by atoms with van der Waals surface area (Å²) in [6, 6.07) is 18.3. The van der Waals surface area contributed by atoms with E-state index in [-0.39, 0.29) is 24.3 Å². The number of hydrogen-bond donors (Lipinski definition) is 2. The van der Waals surface area contributed by atoms with E-state index < -0.39 is 17.8 Å². The number of amides is 1. The van der Waals surface area contributed by atoms with Gasteiger partial charge in [0.2, 0.25) is 11.6 Å². The monoisotopic (exact) mass is 484 g/mol. The van der Waals surface area contributed by atoms with Gasteiger partial charge in [0, 0.05) is 43.9 Å². The molecular formula is C26H33ClN4O3. The molecule has 2 aromatic rings. The molecule has 2 aromatic carbocycles. The zero-order valence-corrected chi connectivity index (χ0v) is 20.3. The molecule has 1 amide bonds. The van der Waals surface area contributed by atoms with Gasteiger partial charge in [0.25, 0.3) is 0 Å². The summed E-state index contributed by atoms with van der Waals surface area (Å²) in [4.78, 5) is 30.7. The number of nitrogens with zero attached hydrogens (tertiary/aromatic N) is 2. The topological polar surface area (TPSA) is 73.9 Å². The van der Waals surface area contributed by atoms with Gasteiger partial charge in [0.05, 0.1) is 0 Å². The lowest BCUT2D eigenvalue weighted by Crippen LogP contribution is -2.66. The molecule has 2 fully saturated rings. The largest absolute Gasteiger partial charge is 0.434 e. The van der Waals surface area contributed by atoms with Crippen LogP contribution in [-0.4, -0.2) is 73.0 Å². The predicted octanol–water partition coefficient (Wildman–Crippen LogP) is 2.13. The molecule has 2 saturated heterocycles. The number of carbonyl (C=O) groups is 2. The summed E-state index contributed by atoms with van der Waals surface area (Å²) < 4.78 is 6.19. The molecule has 0 radical (unpaired) electrons. The van der Waals surface area contributed by atoms with E-state index in [1.54, 1.807) is 0 Å². The number of nitrogens with one attached hydrogen (secondary N) is 2. The molecular weight excluding hydrogens is 452 g/mol. The molecule has 7 nitrogen and oxygen atoms in total. The fourth-order valence-electron chi connectivity index (χ4n) is 4.82. The van der Waals surface area contributed by atoms with Crippen LogP contribution in [-0.2, 0) is 20.1 Å². The maximum atomic E-state index is 13.4. The number of piperazine rings is 1. The molecule has 2 N–H and O–H groups in total. The Morgan fingerprint density at radius 1 is 1.18 bits per heavy atom. The van der Waals surface area contributed by atoms with Gasteiger partial charge in [0.15, 0.2) is 0 Å². The summed E-state index contributed by atoms with van der Waals surface area (Å²) in [5.41, 5.74) is 0.497. The van der Waals surface area contributed by atoms with Crippen LogP contribution in [0, 0.1) is 0 Å². The highest BCUT2D eigenvalue weighted by atomic mass is 35.5. The average Bonchev–Trinajstić information content (AvgIpc) is 3.18. The zero-order chi connectivity index (χ0) is 23.3. The number of benzene rings is 2. The van der Waals surface area contributed by atoms with Crippen molar-refractivity contribution in [2.24, 2.45) is 0 Å². The molecule has 2 aliphatic rings. The normalized spacial score (nSPS) is 21.3. The van der Waals surface area contributed by atoms with Crippen LogP contribution in [0.15, 0.2) is 73.3 Å². The van der Waals surface area contributed by atoms with Crippen molar-refractivity contribution in [1.82, 2.24) is 20.4 Å². The molecule has 0 bridgehead atoms. The molecule has 0 aromatic heterocycles. The van der Waals surface area contributed by atoms with Crippen LogP contribution in [0.25, 0.3) is 0 Å². The van der Waals surface area contributed by atoms with Crippen molar-refractivity contribution in [2.45, 2.75) is 24.7 Å². The second-order valence-corrected chi connectivity index (χ2v) is 8.37. The molecule has 2 atom stereocenters. The van der Waals surface area contributed by atoms with E-state index >= 15 is 0 Å². The van der Waals surface area contributed by atoms with Gasteiger partial charge in [-0.05, 0) is 6.54 Å². The molecule has 2 heterocycles. The minimum absolute atomic E-state index is 0. The number of halogens is 1. The van der Waals surface area contributed by atoms with E-state index in [0.717, 1.165) is 30.8 Å². The van der Waals surface area contributed by atoms with E-state index in [2.05, 4.69) is 29.0 Å². The summed E-state index contributed by atoms with van der Waals surface area (Å²) >= 11 is 0. The summed E-state index contributed by atoms with van der Waals surface area (Å²) in [7, 11) is 0.